The molecule has 0 aliphatic rings. The van der Waals surface area contributed by atoms with Crippen molar-refractivity contribution in [2.24, 2.45) is 0 Å². The lowest BCUT2D eigenvalue weighted by Gasteiger charge is -2.19. The van der Waals surface area contributed by atoms with Crippen LogP contribution in [0.4, 0.5) is 10.1 Å². The molecule has 0 fully saturated rings. The Morgan fingerprint density at radius 1 is 1.53 bits per heavy atom. The minimum absolute atomic E-state index is 0.134. The number of carbonyl (C=O) groups is 1. The number of likely N-dealkylation sites (N-methyl/N-ethyl adjacent to an activating group) is 1. The van der Waals surface area contributed by atoms with Gasteiger partial charge in [0.25, 0.3) is 5.91 Å². The van der Waals surface area contributed by atoms with Crippen molar-refractivity contribution in [3.63, 3.8) is 0 Å². The number of allylic oxidation sites excluding steroid dienone is 1. The molecule has 0 unspecified atom stereocenters. The highest BCUT2D eigenvalue weighted by Crippen LogP contribution is 2.15. The van der Waals surface area contributed by atoms with Crippen LogP contribution in [0.15, 0.2) is 36.4 Å². The van der Waals surface area contributed by atoms with Gasteiger partial charge in [-0.3, -0.25) is 4.79 Å². The quantitative estimate of drug-likeness (QED) is 0.698. The van der Waals surface area contributed by atoms with Crippen LogP contribution in [0.2, 0.25) is 0 Å². The van der Waals surface area contributed by atoms with E-state index in [2.05, 4.69) is 0 Å². The molecule has 0 aliphatic carbocycles. The van der Waals surface area contributed by atoms with Crippen molar-refractivity contribution >= 4 is 11.6 Å². The molecular weight excluding hydrogens is 193 g/mol. The molecule has 0 heterocycles. The van der Waals surface area contributed by atoms with Gasteiger partial charge < -0.3 is 4.90 Å². The SMILES string of the molecule is CC=CC(=O)N(CC)c1cccc(F)c1. The van der Waals surface area contributed by atoms with Crippen molar-refractivity contribution in [2.45, 2.75) is 13.8 Å². The smallest absolute Gasteiger partial charge is 0.250 e. The molecule has 0 spiro atoms. The number of rotatable bonds is 3. The predicted molar refractivity (Wildman–Crippen MR) is 59.2 cm³/mol. The fourth-order valence-electron chi connectivity index (χ4n) is 1.34. The highest BCUT2D eigenvalue weighted by Gasteiger charge is 2.10. The van der Waals surface area contributed by atoms with Crippen LogP contribution in [0.1, 0.15) is 13.8 Å². The molecular formula is C12H14FNO. The number of hydrogen-bond acceptors (Lipinski definition) is 1. The van der Waals surface area contributed by atoms with Gasteiger partial charge in [-0.05, 0) is 38.1 Å². The molecule has 0 saturated carbocycles. The second-order valence-corrected chi connectivity index (χ2v) is 3.06. The third kappa shape index (κ3) is 2.91. The van der Waals surface area contributed by atoms with Crippen molar-refractivity contribution in [3.8, 4) is 0 Å². The summed E-state index contributed by atoms with van der Waals surface area (Å²) in [6, 6.07) is 6.02. The normalized spacial score (nSPS) is 10.6. The van der Waals surface area contributed by atoms with Crippen LogP contribution >= 0.6 is 0 Å². The lowest BCUT2D eigenvalue weighted by molar-refractivity contribution is -0.114. The first-order chi connectivity index (χ1) is 7.19. The third-order valence-corrected chi connectivity index (χ3v) is 2.01. The Morgan fingerprint density at radius 3 is 2.80 bits per heavy atom. The van der Waals surface area contributed by atoms with E-state index in [0.29, 0.717) is 12.2 Å². The highest BCUT2D eigenvalue weighted by molar-refractivity contribution is 6.01. The van der Waals surface area contributed by atoms with Gasteiger partial charge in [0.05, 0.1) is 0 Å². The van der Waals surface area contributed by atoms with Crippen molar-refractivity contribution in [3.05, 3.63) is 42.2 Å². The number of amides is 1. The first-order valence-electron chi connectivity index (χ1n) is 4.88. The van der Waals surface area contributed by atoms with Gasteiger partial charge in [0.2, 0.25) is 0 Å². The first-order valence-corrected chi connectivity index (χ1v) is 4.88. The summed E-state index contributed by atoms with van der Waals surface area (Å²) in [5, 5.41) is 0. The van der Waals surface area contributed by atoms with Gasteiger partial charge in [-0.15, -0.1) is 0 Å². The standard InChI is InChI=1S/C12H14FNO/c1-3-6-12(15)14(4-2)11-8-5-7-10(13)9-11/h3,5-9H,4H2,1-2H3. The number of nitrogens with zero attached hydrogens (tertiary/aromatic N) is 1. The van der Waals surface area contributed by atoms with Crippen LogP contribution in [0.5, 0.6) is 0 Å². The van der Waals surface area contributed by atoms with E-state index in [0.717, 1.165) is 0 Å². The molecule has 0 aliphatic heterocycles. The van der Waals surface area contributed by atoms with Crippen molar-refractivity contribution in [2.75, 3.05) is 11.4 Å². The van der Waals surface area contributed by atoms with Crippen LogP contribution in [0, 0.1) is 5.82 Å². The average Bonchev–Trinajstić information content (AvgIpc) is 2.19. The molecule has 2 nitrogen and oxygen atoms in total. The zero-order chi connectivity index (χ0) is 11.3. The number of carbonyl (C=O) groups excluding carboxylic acids is 1. The lowest BCUT2D eigenvalue weighted by atomic mass is 10.2. The summed E-state index contributed by atoms with van der Waals surface area (Å²) in [4.78, 5) is 13.1. The molecule has 1 aromatic carbocycles. The molecule has 0 atom stereocenters. The van der Waals surface area contributed by atoms with Gasteiger partial charge in [0, 0.05) is 12.2 Å². The summed E-state index contributed by atoms with van der Waals surface area (Å²) in [6.45, 7) is 4.15. The van der Waals surface area contributed by atoms with Crippen LogP contribution < -0.4 is 4.90 Å². The highest BCUT2D eigenvalue weighted by atomic mass is 19.1. The molecule has 0 aromatic heterocycles. The minimum Gasteiger partial charge on any atom is -0.309 e. The molecule has 1 rings (SSSR count). The molecule has 0 N–H and O–H groups in total. The van der Waals surface area contributed by atoms with Crippen LogP contribution in [-0.4, -0.2) is 12.5 Å². The van der Waals surface area contributed by atoms with Crippen LogP contribution in [-0.2, 0) is 4.79 Å². The van der Waals surface area contributed by atoms with E-state index in [-0.39, 0.29) is 11.7 Å². The minimum atomic E-state index is -0.334. The monoisotopic (exact) mass is 207 g/mol. The third-order valence-electron chi connectivity index (χ3n) is 2.01. The molecule has 80 valence electrons. The van der Waals surface area contributed by atoms with E-state index < -0.39 is 0 Å². The first kappa shape index (κ1) is 11.4. The Hall–Kier alpha value is -1.64. The van der Waals surface area contributed by atoms with Crippen molar-refractivity contribution in [1.29, 1.82) is 0 Å². The summed E-state index contributed by atoms with van der Waals surface area (Å²) in [6.07, 6.45) is 3.14. The number of hydrogen-bond donors (Lipinski definition) is 0. The molecule has 1 aromatic rings. The van der Waals surface area contributed by atoms with Gasteiger partial charge in [0.1, 0.15) is 5.82 Å². The predicted octanol–water partition coefficient (Wildman–Crippen LogP) is 2.75. The summed E-state index contributed by atoms with van der Waals surface area (Å²) < 4.78 is 13.0. The summed E-state index contributed by atoms with van der Waals surface area (Å²) in [7, 11) is 0. The van der Waals surface area contributed by atoms with Gasteiger partial charge in [-0.1, -0.05) is 12.1 Å². The fraction of sp³-hybridized carbons (Fsp3) is 0.250. The molecule has 15 heavy (non-hydrogen) atoms. The van der Waals surface area contributed by atoms with Gasteiger partial charge in [0.15, 0.2) is 0 Å². The Kier molecular flexibility index (Phi) is 4.03. The maximum Gasteiger partial charge on any atom is 0.250 e. The summed E-state index contributed by atoms with van der Waals surface area (Å²) >= 11 is 0. The van der Waals surface area contributed by atoms with E-state index in [1.54, 1.807) is 25.1 Å². The zero-order valence-corrected chi connectivity index (χ0v) is 8.90. The maximum atomic E-state index is 13.0. The fourth-order valence-corrected chi connectivity index (χ4v) is 1.34. The lowest BCUT2D eigenvalue weighted by Crippen LogP contribution is -2.28. The van der Waals surface area contributed by atoms with Gasteiger partial charge in [-0.25, -0.2) is 4.39 Å². The molecule has 1 amide bonds. The Bertz CT molecular complexity index is 374. The van der Waals surface area contributed by atoms with Gasteiger partial charge in [-0.2, -0.15) is 0 Å². The summed E-state index contributed by atoms with van der Waals surface area (Å²) in [5.74, 6) is -0.468. The number of benzene rings is 1. The Balaban J connectivity index is 2.97. The molecule has 0 bridgehead atoms. The average molecular weight is 207 g/mol. The van der Waals surface area contributed by atoms with E-state index in [9.17, 15) is 9.18 Å². The van der Waals surface area contributed by atoms with E-state index in [4.69, 9.17) is 0 Å². The zero-order valence-electron chi connectivity index (χ0n) is 8.90. The second-order valence-electron chi connectivity index (χ2n) is 3.06. The maximum absolute atomic E-state index is 13.0. The van der Waals surface area contributed by atoms with Crippen molar-refractivity contribution in [1.82, 2.24) is 0 Å². The molecule has 0 radical (unpaired) electrons. The van der Waals surface area contributed by atoms with Gasteiger partial charge >= 0.3 is 0 Å². The Labute approximate surface area is 89.0 Å². The number of halogens is 1. The molecule has 0 saturated heterocycles. The Morgan fingerprint density at radius 2 is 2.27 bits per heavy atom. The number of anilines is 1. The van der Waals surface area contributed by atoms with E-state index in [1.807, 2.05) is 6.92 Å². The van der Waals surface area contributed by atoms with Crippen LogP contribution in [0.3, 0.4) is 0 Å². The largest absolute Gasteiger partial charge is 0.309 e. The van der Waals surface area contributed by atoms with Crippen LogP contribution in [0.25, 0.3) is 0 Å². The molecule has 3 heteroatoms. The van der Waals surface area contributed by atoms with E-state index in [1.165, 1.54) is 23.1 Å². The topological polar surface area (TPSA) is 20.3 Å². The summed E-state index contributed by atoms with van der Waals surface area (Å²) in [5.41, 5.74) is 0.584. The van der Waals surface area contributed by atoms with Crippen molar-refractivity contribution < 1.29 is 9.18 Å². The second kappa shape index (κ2) is 5.29. The van der Waals surface area contributed by atoms with E-state index >= 15 is 0 Å².